The second-order valence-electron chi connectivity index (χ2n) is 6.13. The van der Waals surface area contributed by atoms with Crippen LogP contribution in [-0.4, -0.2) is 36.9 Å². The van der Waals surface area contributed by atoms with E-state index in [2.05, 4.69) is 5.32 Å². The van der Waals surface area contributed by atoms with Gasteiger partial charge in [0.15, 0.2) is 0 Å². The van der Waals surface area contributed by atoms with Crippen LogP contribution in [0.2, 0.25) is 0 Å². The molecule has 0 saturated carbocycles. The number of para-hydroxylation sites is 1. The van der Waals surface area contributed by atoms with E-state index in [4.69, 9.17) is 4.74 Å². The van der Waals surface area contributed by atoms with Crippen molar-refractivity contribution >= 4 is 11.8 Å². The molecule has 1 atom stereocenters. The van der Waals surface area contributed by atoms with Crippen molar-refractivity contribution in [2.45, 2.75) is 26.8 Å². The predicted molar refractivity (Wildman–Crippen MR) is 84.4 cm³/mol. The Hall–Kier alpha value is -2.04. The first-order valence-corrected chi connectivity index (χ1v) is 7.68. The van der Waals surface area contributed by atoms with Gasteiger partial charge in [-0.05, 0) is 12.0 Å². The van der Waals surface area contributed by atoms with Crippen LogP contribution in [0.4, 0.5) is 0 Å². The van der Waals surface area contributed by atoms with E-state index < -0.39 is 0 Å². The number of ether oxygens (including phenoxy) is 1. The average Bonchev–Trinajstić information content (AvgIpc) is 2.86. The Bertz CT molecular complexity index is 542. The Morgan fingerprint density at radius 3 is 2.82 bits per heavy atom. The summed E-state index contributed by atoms with van der Waals surface area (Å²) >= 11 is 0. The van der Waals surface area contributed by atoms with Crippen molar-refractivity contribution in [1.82, 2.24) is 10.2 Å². The quantitative estimate of drug-likeness (QED) is 0.872. The van der Waals surface area contributed by atoms with Gasteiger partial charge >= 0.3 is 0 Å². The molecule has 0 bridgehead atoms. The van der Waals surface area contributed by atoms with E-state index in [1.54, 1.807) is 12.0 Å². The summed E-state index contributed by atoms with van der Waals surface area (Å²) in [5.74, 6) is 0.926. The van der Waals surface area contributed by atoms with Gasteiger partial charge in [0, 0.05) is 31.6 Å². The minimum absolute atomic E-state index is 0.0235. The van der Waals surface area contributed by atoms with E-state index >= 15 is 0 Å². The van der Waals surface area contributed by atoms with Crippen LogP contribution in [0.1, 0.15) is 25.8 Å². The Labute approximate surface area is 131 Å². The first-order valence-electron chi connectivity index (χ1n) is 7.68. The van der Waals surface area contributed by atoms with Crippen LogP contribution in [0.3, 0.4) is 0 Å². The number of carbonyl (C=O) groups is 2. The molecule has 0 radical (unpaired) electrons. The summed E-state index contributed by atoms with van der Waals surface area (Å²) in [6.07, 6.45) is 0.291. The Morgan fingerprint density at radius 1 is 1.41 bits per heavy atom. The number of amides is 2. The number of rotatable bonds is 6. The molecule has 0 aliphatic carbocycles. The van der Waals surface area contributed by atoms with Gasteiger partial charge in [0.1, 0.15) is 5.75 Å². The van der Waals surface area contributed by atoms with Crippen molar-refractivity contribution in [2.24, 2.45) is 11.8 Å². The summed E-state index contributed by atoms with van der Waals surface area (Å²) in [6.45, 7) is 5.70. The molecular formula is C17H24N2O3. The molecule has 1 aromatic carbocycles. The highest BCUT2D eigenvalue weighted by Crippen LogP contribution is 2.24. The summed E-state index contributed by atoms with van der Waals surface area (Å²) in [7, 11) is 1.62. The second kappa shape index (κ2) is 7.29. The standard InChI is InChI=1S/C17H24N2O3/c1-12(2)9-18-17(21)14-8-16(20)19(11-14)10-13-6-4-5-7-15(13)22-3/h4-7,12,14H,8-11H2,1-3H3,(H,18,21)/t14-/m0/s1. The fourth-order valence-corrected chi connectivity index (χ4v) is 2.59. The lowest BCUT2D eigenvalue weighted by Gasteiger charge is -2.18. The van der Waals surface area contributed by atoms with Crippen LogP contribution in [-0.2, 0) is 16.1 Å². The SMILES string of the molecule is COc1ccccc1CN1C[C@@H](C(=O)NCC(C)C)CC1=O. The Morgan fingerprint density at radius 2 is 2.14 bits per heavy atom. The van der Waals surface area contributed by atoms with Crippen LogP contribution < -0.4 is 10.1 Å². The third-order valence-corrected chi connectivity index (χ3v) is 3.82. The maximum atomic E-state index is 12.1. The normalized spacial score (nSPS) is 17.9. The lowest BCUT2D eigenvalue weighted by atomic mass is 10.1. The molecular weight excluding hydrogens is 280 g/mol. The van der Waals surface area contributed by atoms with Crippen LogP contribution in [0.5, 0.6) is 5.75 Å². The summed E-state index contributed by atoms with van der Waals surface area (Å²) in [6, 6.07) is 7.64. The molecule has 5 heteroatoms. The van der Waals surface area contributed by atoms with Gasteiger partial charge in [-0.3, -0.25) is 9.59 Å². The third kappa shape index (κ3) is 4.00. The van der Waals surface area contributed by atoms with Gasteiger partial charge in [-0.25, -0.2) is 0 Å². The maximum absolute atomic E-state index is 12.1. The van der Waals surface area contributed by atoms with Crippen LogP contribution in [0.15, 0.2) is 24.3 Å². The fourth-order valence-electron chi connectivity index (χ4n) is 2.59. The van der Waals surface area contributed by atoms with Gasteiger partial charge in [0.2, 0.25) is 11.8 Å². The molecule has 22 heavy (non-hydrogen) atoms. The molecule has 0 aromatic heterocycles. The minimum atomic E-state index is -0.249. The molecule has 5 nitrogen and oxygen atoms in total. The summed E-state index contributed by atoms with van der Waals surface area (Å²) in [4.78, 5) is 26.0. The monoisotopic (exact) mass is 304 g/mol. The van der Waals surface area contributed by atoms with Gasteiger partial charge in [-0.2, -0.15) is 0 Å². The lowest BCUT2D eigenvalue weighted by molar-refractivity contribution is -0.129. The minimum Gasteiger partial charge on any atom is -0.496 e. The lowest BCUT2D eigenvalue weighted by Crippen LogP contribution is -2.34. The summed E-state index contributed by atoms with van der Waals surface area (Å²) < 4.78 is 5.31. The van der Waals surface area contributed by atoms with Crippen molar-refractivity contribution in [1.29, 1.82) is 0 Å². The van der Waals surface area contributed by atoms with Gasteiger partial charge in [0.25, 0.3) is 0 Å². The van der Waals surface area contributed by atoms with E-state index in [1.807, 2.05) is 38.1 Å². The second-order valence-corrected chi connectivity index (χ2v) is 6.13. The van der Waals surface area contributed by atoms with E-state index in [0.29, 0.717) is 32.0 Å². The molecule has 1 N–H and O–H groups in total. The zero-order valence-electron chi connectivity index (χ0n) is 13.5. The molecule has 120 valence electrons. The van der Waals surface area contributed by atoms with Crippen LogP contribution >= 0.6 is 0 Å². The van der Waals surface area contributed by atoms with Gasteiger partial charge < -0.3 is 15.0 Å². The van der Waals surface area contributed by atoms with E-state index in [1.165, 1.54) is 0 Å². The van der Waals surface area contributed by atoms with Crippen molar-refractivity contribution in [3.8, 4) is 5.75 Å². The number of methoxy groups -OCH3 is 1. The molecule has 2 rings (SSSR count). The molecule has 0 unspecified atom stereocenters. The number of hydrogen-bond acceptors (Lipinski definition) is 3. The fraction of sp³-hybridized carbons (Fsp3) is 0.529. The molecule has 1 aliphatic heterocycles. The predicted octanol–water partition coefficient (Wildman–Crippen LogP) is 1.82. The number of nitrogens with zero attached hydrogens (tertiary/aromatic N) is 1. The molecule has 1 heterocycles. The third-order valence-electron chi connectivity index (χ3n) is 3.82. The smallest absolute Gasteiger partial charge is 0.225 e. The number of hydrogen-bond donors (Lipinski definition) is 1. The maximum Gasteiger partial charge on any atom is 0.225 e. The van der Waals surface area contributed by atoms with Crippen molar-refractivity contribution in [3.05, 3.63) is 29.8 Å². The molecule has 1 aliphatic rings. The van der Waals surface area contributed by atoms with Crippen molar-refractivity contribution < 1.29 is 14.3 Å². The Kier molecular flexibility index (Phi) is 5.41. The molecule has 2 amide bonds. The van der Waals surface area contributed by atoms with E-state index in [9.17, 15) is 9.59 Å². The zero-order valence-corrected chi connectivity index (χ0v) is 13.5. The number of benzene rings is 1. The topological polar surface area (TPSA) is 58.6 Å². The number of nitrogens with one attached hydrogen (secondary N) is 1. The van der Waals surface area contributed by atoms with Gasteiger partial charge in [-0.1, -0.05) is 32.0 Å². The zero-order chi connectivity index (χ0) is 16.1. The molecule has 1 fully saturated rings. The van der Waals surface area contributed by atoms with Gasteiger partial charge in [-0.15, -0.1) is 0 Å². The molecule has 1 aromatic rings. The highest BCUT2D eigenvalue weighted by molar-refractivity contribution is 5.89. The van der Waals surface area contributed by atoms with E-state index in [0.717, 1.165) is 11.3 Å². The van der Waals surface area contributed by atoms with E-state index in [-0.39, 0.29) is 17.7 Å². The molecule has 1 saturated heterocycles. The summed E-state index contributed by atoms with van der Waals surface area (Å²) in [5, 5.41) is 2.91. The number of carbonyl (C=O) groups excluding carboxylic acids is 2. The first kappa shape index (κ1) is 16.3. The van der Waals surface area contributed by atoms with Crippen LogP contribution in [0.25, 0.3) is 0 Å². The Balaban J connectivity index is 1.96. The largest absolute Gasteiger partial charge is 0.496 e. The van der Waals surface area contributed by atoms with Crippen LogP contribution in [0, 0.1) is 11.8 Å². The van der Waals surface area contributed by atoms with Gasteiger partial charge in [0.05, 0.1) is 13.0 Å². The highest BCUT2D eigenvalue weighted by atomic mass is 16.5. The summed E-state index contributed by atoms with van der Waals surface area (Å²) in [5.41, 5.74) is 0.960. The average molecular weight is 304 g/mol. The van der Waals surface area contributed by atoms with Crippen molar-refractivity contribution in [3.63, 3.8) is 0 Å². The first-order chi connectivity index (χ1) is 10.5. The number of likely N-dealkylation sites (tertiary alicyclic amines) is 1. The highest BCUT2D eigenvalue weighted by Gasteiger charge is 2.34. The molecule has 0 spiro atoms. The van der Waals surface area contributed by atoms with Crippen molar-refractivity contribution in [2.75, 3.05) is 20.2 Å².